The summed E-state index contributed by atoms with van der Waals surface area (Å²) in [6, 6.07) is 35.0. The molecule has 0 radical (unpaired) electrons. The lowest BCUT2D eigenvalue weighted by Gasteiger charge is -2.45. The molecule has 0 bridgehead atoms. The fourth-order valence-electron chi connectivity index (χ4n) is 10.9. The van der Waals surface area contributed by atoms with Gasteiger partial charge in [0.1, 0.15) is 0 Å². The molecular weight excluding hydrogens is 808 g/mol. The summed E-state index contributed by atoms with van der Waals surface area (Å²) in [5.74, 6) is 0. The van der Waals surface area contributed by atoms with Gasteiger partial charge in [-0.25, -0.2) is 0 Å². The number of hydrogen-bond acceptors (Lipinski definition) is 3. The van der Waals surface area contributed by atoms with Crippen LogP contribution < -0.4 is 30.7 Å². The highest BCUT2D eigenvalue weighted by molar-refractivity contribution is 7.33. The van der Waals surface area contributed by atoms with Gasteiger partial charge in [0.15, 0.2) is 0 Å². The predicted molar refractivity (Wildman–Crippen MR) is 289 cm³/mol. The molecular formula is C59H75BN2SSi. The van der Waals surface area contributed by atoms with Gasteiger partial charge in [0.25, 0.3) is 6.71 Å². The second-order valence-corrected chi connectivity index (χ2v) is 32.4. The molecule has 5 heteroatoms. The molecule has 0 N–H and O–H groups in total. The number of fused-ring (bicyclic) bond motifs is 7. The topological polar surface area (TPSA) is 6.48 Å². The monoisotopic (exact) mass is 883 g/mol. The summed E-state index contributed by atoms with van der Waals surface area (Å²) < 4.78 is 2.87. The van der Waals surface area contributed by atoms with Gasteiger partial charge in [0.05, 0.1) is 13.8 Å². The van der Waals surface area contributed by atoms with Crippen LogP contribution in [0.4, 0.5) is 34.1 Å². The van der Waals surface area contributed by atoms with Crippen molar-refractivity contribution in [3.63, 3.8) is 0 Å². The maximum atomic E-state index is 2.72. The van der Waals surface area contributed by atoms with Gasteiger partial charge < -0.3 is 9.80 Å². The lowest BCUT2D eigenvalue weighted by molar-refractivity contribution is 0.332. The third-order valence-electron chi connectivity index (χ3n) is 15.3. The molecule has 0 atom stereocenters. The molecule has 64 heavy (non-hydrogen) atoms. The van der Waals surface area contributed by atoms with E-state index >= 15 is 0 Å². The quantitative estimate of drug-likeness (QED) is 0.163. The molecule has 0 amide bonds. The van der Waals surface area contributed by atoms with E-state index in [-0.39, 0.29) is 39.2 Å². The summed E-state index contributed by atoms with van der Waals surface area (Å²) >= 11 is 2.06. The Hall–Kier alpha value is -4.06. The molecule has 334 valence electrons. The minimum atomic E-state index is -1.88. The van der Waals surface area contributed by atoms with Gasteiger partial charge >= 0.3 is 0 Å². The van der Waals surface area contributed by atoms with E-state index in [0.717, 1.165) is 0 Å². The molecule has 0 spiro atoms. The first-order chi connectivity index (χ1) is 29.4. The van der Waals surface area contributed by atoms with E-state index in [1.165, 1.54) is 111 Å². The third kappa shape index (κ3) is 7.25. The lowest BCUT2D eigenvalue weighted by Crippen LogP contribution is -2.61. The Morgan fingerprint density at radius 3 is 1.53 bits per heavy atom. The Labute approximate surface area is 393 Å². The Kier molecular flexibility index (Phi) is 10.0. The zero-order valence-electron chi connectivity index (χ0n) is 42.9. The largest absolute Gasteiger partial charge is 0.312 e. The van der Waals surface area contributed by atoms with E-state index in [1.54, 1.807) is 0 Å². The Balaban J connectivity index is 1.46. The van der Waals surface area contributed by atoms with Gasteiger partial charge in [-0.05, 0) is 143 Å². The van der Waals surface area contributed by atoms with Gasteiger partial charge in [-0.3, -0.25) is 0 Å². The SMILES string of the molecule is CC(C)(C)c1ccc(N2c3cc(C(C)(C)C)cc4c3B(c3cc(C(C)(C)C)ccc3N4c3ccc(C(C)(C)C)cc3[Si](C)(C)C)c3sc4cc5c(cc4c32)C(C)(C)CCC5(C)C)cc1. The molecule has 1 aromatic heterocycles. The van der Waals surface area contributed by atoms with E-state index in [0.29, 0.717) is 0 Å². The van der Waals surface area contributed by atoms with Gasteiger partial charge in [-0.15, -0.1) is 11.3 Å². The summed E-state index contributed by atoms with van der Waals surface area (Å²) in [6.45, 7) is 46.0. The van der Waals surface area contributed by atoms with Gasteiger partial charge in [-0.1, -0.05) is 167 Å². The molecule has 2 nitrogen and oxygen atoms in total. The zero-order valence-corrected chi connectivity index (χ0v) is 44.7. The average molecular weight is 883 g/mol. The number of benzene rings is 5. The van der Waals surface area contributed by atoms with Crippen LogP contribution in [0.15, 0.2) is 84.9 Å². The first-order valence-electron chi connectivity index (χ1n) is 24.2. The highest BCUT2D eigenvalue weighted by Crippen LogP contribution is 2.53. The van der Waals surface area contributed by atoms with Crippen LogP contribution in [0.3, 0.4) is 0 Å². The van der Waals surface area contributed by atoms with Crippen molar-refractivity contribution in [3.05, 3.63) is 118 Å². The van der Waals surface area contributed by atoms with Crippen molar-refractivity contribution in [2.75, 3.05) is 9.80 Å². The number of nitrogens with zero attached hydrogens (tertiary/aromatic N) is 2. The molecule has 1 aliphatic carbocycles. The Bertz CT molecular complexity index is 2860. The molecule has 5 aromatic carbocycles. The van der Waals surface area contributed by atoms with Crippen LogP contribution in [-0.4, -0.2) is 14.8 Å². The van der Waals surface area contributed by atoms with Crippen LogP contribution in [0.5, 0.6) is 0 Å². The van der Waals surface area contributed by atoms with Crippen LogP contribution in [0, 0.1) is 0 Å². The van der Waals surface area contributed by atoms with Crippen LogP contribution in [0.2, 0.25) is 19.6 Å². The number of rotatable bonds is 3. The average Bonchev–Trinajstić information content (AvgIpc) is 3.55. The molecule has 3 aliphatic rings. The fourth-order valence-corrected chi connectivity index (χ4v) is 13.8. The van der Waals surface area contributed by atoms with Crippen molar-refractivity contribution in [2.45, 2.75) is 176 Å². The lowest BCUT2D eigenvalue weighted by atomic mass is 9.36. The number of hydrogen-bond donors (Lipinski definition) is 0. The summed E-state index contributed by atoms with van der Waals surface area (Å²) in [7, 11) is -1.88. The van der Waals surface area contributed by atoms with Crippen molar-refractivity contribution in [1.29, 1.82) is 0 Å². The summed E-state index contributed by atoms with van der Waals surface area (Å²) in [4.78, 5) is 5.42. The van der Waals surface area contributed by atoms with Crippen LogP contribution in [0.25, 0.3) is 10.1 Å². The van der Waals surface area contributed by atoms with Gasteiger partial charge in [0, 0.05) is 43.3 Å². The molecule has 6 aromatic rings. The first-order valence-corrected chi connectivity index (χ1v) is 28.5. The molecule has 0 fully saturated rings. The normalized spacial score (nSPS) is 17.0. The van der Waals surface area contributed by atoms with Crippen molar-refractivity contribution in [1.82, 2.24) is 0 Å². The molecule has 2 aliphatic heterocycles. The van der Waals surface area contributed by atoms with E-state index in [4.69, 9.17) is 0 Å². The van der Waals surface area contributed by atoms with Gasteiger partial charge in [0.2, 0.25) is 0 Å². The van der Waals surface area contributed by atoms with Crippen molar-refractivity contribution in [2.24, 2.45) is 0 Å². The third-order valence-corrected chi connectivity index (χ3v) is 18.5. The van der Waals surface area contributed by atoms with E-state index < -0.39 is 8.07 Å². The smallest absolute Gasteiger partial charge is 0.264 e. The Morgan fingerprint density at radius 1 is 0.516 bits per heavy atom. The van der Waals surface area contributed by atoms with Crippen LogP contribution in [-0.2, 0) is 32.5 Å². The number of anilines is 6. The highest BCUT2D eigenvalue weighted by atomic mass is 32.1. The summed E-state index contributed by atoms with van der Waals surface area (Å²) in [5, 5.41) is 2.91. The zero-order chi connectivity index (χ0) is 46.6. The maximum Gasteiger partial charge on any atom is 0.264 e. The van der Waals surface area contributed by atoms with Crippen LogP contribution >= 0.6 is 11.3 Å². The molecule has 9 rings (SSSR count). The highest BCUT2D eigenvalue weighted by Gasteiger charge is 2.48. The van der Waals surface area contributed by atoms with Crippen molar-refractivity contribution in [3.8, 4) is 0 Å². The van der Waals surface area contributed by atoms with Crippen molar-refractivity contribution < 1.29 is 0 Å². The van der Waals surface area contributed by atoms with Crippen molar-refractivity contribution >= 4 is 91.2 Å². The minimum Gasteiger partial charge on any atom is -0.312 e. The molecule has 0 unspecified atom stereocenters. The first kappa shape index (κ1) is 45.1. The minimum absolute atomic E-state index is 0.00832. The number of thiophene rings is 1. The standard InChI is InChI=1S/C59H75BN2SSi/c1-54(2,3)36-20-24-40(25-21-36)61-47-31-39(57(10,11)12)32-48-51(47)60(53-52(61)41-34-42-43(35-49(41)63-53)59(15,16)29-28-58(42,13)14)44-30-37(55(4,5)6)22-26-45(44)62(48)46-27-23-38(56(7,8)9)33-50(46)64(17,18)19/h20-27,30-35H,28-29H2,1-19H3. The van der Waals surface area contributed by atoms with E-state index in [1.807, 2.05) is 0 Å². The second kappa shape index (κ2) is 14.2. The Morgan fingerprint density at radius 2 is 1.00 bits per heavy atom. The second-order valence-electron chi connectivity index (χ2n) is 26.3. The fraction of sp³-hybridized carbons (Fsp3) is 0.458. The van der Waals surface area contributed by atoms with E-state index in [2.05, 4.69) is 236 Å². The van der Waals surface area contributed by atoms with E-state index in [9.17, 15) is 0 Å². The molecule has 3 heterocycles. The summed E-state index contributed by atoms with van der Waals surface area (Å²) in [5.41, 5.74) is 19.6. The summed E-state index contributed by atoms with van der Waals surface area (Å²) in [6.07, 6.45) is 2.40. The molecule has 0 saturated carbocycles. The van der Waals surface area contributed by atoms with Crippen LogP contribution in [0.1, 0.15) is 157 Å². The maximum absolute atomic E-state index is 2.72. The molecule has 0 saturated heterocycles. The predicted octanol–water partition coefficient (Wildman–Crippen LogP) is 15.1. The van der Waals surface area contributed by atoms with Gasteiger partial charge in [-0.2, -0.15) is 0 Å².